The molecule has 26 heavy (non-hydrogen) atoms. The maximum atomic E-state index is 2.67. The Morgan fingerprint density at radius 2 is 1.62 bits per heavy atom. The first-order chi connectivity index (χ1) is 12.1. The fourth-order valence-electron chi connectivity index (χ4n) is 5.84. The Morgan fingerprint density at radius 3 is 2.35 bits per heavy atom. The summed E-state index contributed by atoms with van der Waals surface area (Å²) >= 11 is 0. The van der Waals surface area contributed by atoms with E-state index in [0.717, 1.165) is 6.54 Å². The maximum Gasteiger partial charge on any atom is 0.0728 e. The molecule has 3 nitrogen and oxygen atoms in total. The van der Waals surface area contributed by atoms with E-state index in [0.29, 0.717) is 0 Å². The molecule has 0 saturated carbocycles. The van der Waals surface area contributed by atoms with Gasteiger partial charge in [0.1, 0.15) is 0 Å². The van der Waals surface area contributed by atoms with E-state index in [1.807, 2.05) is 0 Å². The molecule has 136 valence electrons. The Balaban J connectivity index is 1.93. The summed E-state index contributed by atoms with van der Waals surface area (Å²) in [6.07, 6.45) is 2.20. The molecule has 4 heterocycles. The summed E-state index contributed by atoms with van der Waals surface area (Å²) in [6, 6.07) is 11.3. The zero-order chi connectivity index (χ0) is 18.6. The van der Waals surface area contributed by atoms with Crippen LogP contribution in [0.5, 0.6) is 0 Å². The van der Waals surface area contributed by atoms with Gasteiger partial charge in [-0.2, -0.15) is 0 Å². The minimum Gasteiger partial charge on any atom is -0.355 e. The molecule has 2 aliphatic heterocycles. The van der Waals surface area contributed by atoms with E-state index >= 15 is 0 Å². The fourth-order valence-corrected chi connectivity index (χ4v) is 5.84. The van der Waals surface area contributed by atoms with Gasteiger partial charge in [-0.25, -0.2) is 0 Å². The molecule has 3 aromatic rings. The molecule has 1 aromatic carbocycles. The quantitative estimate of drug-likeness (QED) is 0.553. The highest BCUT2D eigenvalue weighted by atomic mass is 15.3. The van der Waals surface area contributed by atoms with Crippen LogP contribution in [-0.4, -0.2) is 9.13 Å². The van der Waals surface area contributed by atoms with Crippen LogP contribution in [0.3, 0.4) is 0 Å². The zero-order valence-corrected chi connectivity index (χ0v) is 17.0. The molecule has 2 aromatic heterocycles. The van der Waals surface area contributed by atoms with Gasteiger partial charge in [0.2, 0.25) is 0 Å². The smallest absolute Gasteiger partial charge is 0.0728 e. The van der Waals surface area contributed by atoms with Gasteiger partial charge in [0, 0.05) is 42.7 Å². The molecule has 3 heteroatoms. The van der Waals surface area contributed by atoms with Crippen molar-refractivity contribution in [1.29, 1.82) is 0 Å². The predicted molar refractivity (Wildman–Crippen MR) is 109 cm³/mol. The van der Waals surface area contributed by atoms with Crippen molar-refractivity contribution in [3.8, 4) is 0 Å². The summed E-state index contributed by atoms with van der Waals surface area (Å²) in [5.41, 5.74) is 8.70. The van der Waals surface area contributed by atoms with Crippen LogP contribution in [0.1, 0.15) is 51.4 Å². The molecule has 0 radical (unpaired) electrons. The average molecular weight is 348 g/mol. The van der Waals surface area contributed by atoms with Crippen molar-refractivity contribution in [3.63, 3.8) is 0 Å². The standard InChI is InChI=1S/C23H29N3/c1-21(2)15-10-8-9-11-16(15)26-14-18-19(23(26,5)22(21,3)4)20-17(25(18)7)12-13-24(20)6/h8-13H,14H2,1-7H3. The molecule has 1 unspecified atom stereocenters. The van der Waals surface area contributed by atoms with Crippen LogP contribution in [0.2, 0.25) is 0 Å². The van der Waals surface area contributed by atoms with E-state index in [1.165, 1.54) is 33.5 Å². The Morgan fingerprint density at radius 1 is 0.923 bits per heavy atom. The highest BCUT2D eigenvalue weighted by Crippen LogP contribution is 2.65. The molecule has 0 saturated heterocycles. The fraction of sp³-hybridized carbons (Fsp3) is 0.478. The number of anilines is 1. The van der Waals surface area contributed by atoms with Gasteiger partial charge in [-0.3, -0.25) is 0 Å². The van der Waals surface area contributed by atoms with Crippen molar-refractivity contribution in [2.75, 3.05) is 4.90 Å². The van der Waals surface area contributed by atoms with Crippen LogP contribution >= 0.6 is 0 Å². The van der Waals surface area contributed by atoms with Gasteiger partial charge in [-0.15, -0.1) is 0 Å². The normalized spacial score (nSPS) is 25.3. The summed E-state index contributed by atoms with van der Waals surface area (Å²) in [6.45, 7) is 13.2. The monoisotopic (exact) mass is 347 g/mol. The number of para-hydroxylation sites is 1. The van der Waals surface area contributed by atoms with Gasteiger partial charge in [0.25, 0.3) is 0 Å². The Labute approximate surface area is 156 Å². The second kappa shape index (κ2) is 4.39. The summed E-state index contributed by atoms with van der Waals surface area (Å²) in [4.78, 5) is 2.67. The van der Waals surface area contributed by atoms with E-state index < -0.39 is 0 Å². The predicted octanol–water partition coefficient (Wildman–Crippen LogP) is 5.07. The SMILES string of the molecule is Cn1ccc2c1c1c(n2C)CN2c3ccccc3C(C)(C)C(C)(C)C12C. The molecule has 2 aliphatic rings. The van der Waals surface area contributed by atoms with Gasteiger partial charge >= 0.3 is 0 Å². The minimum atomic E-state index is -0.0498. The summed E-state index contributed by atoms with van der Waals surface area (Å²) in [7, 11) is 4.41. The topological polar surface area (TPSA) is 13.1 Å². The van der Waals surface area contributed by atoms with Crippen molar-refractivity contribution in [2.24, 2.45) is 19.5 Å². The first-order valence-electron chi connectivity index (χ1n) is 9.64. The van der Waals surface area contributed by atoms with Crippen molar-refractivity contribution in [3.05, 3.63) is 53.3 Å². The first kappa shape index (κ1) is 16.0. The average Bonchev–Trinajstić information content (AvgIpc) is 3.20. The van der Waals surface area contributed by atoms with Crippen LogP contribution in [0.15, 0.2) is 36.5 Å². The second-order valence-corrected chi connectivity index (χ2v) is 9.47. The zero-order valence-electron chi connectivity index (χ0n) is 17.0. The summed E-state index contributed by atoms with van der Waals surface area (Å²) in [5, 5.41) is 0. The lowest BCUT2D eigenvalue weighted by Gasteiger charge is -2.61. The molecule has 0 N–H and O–H groups in total. The van der Waals surface area contributed by atoms with Gasteiger partial charge in [-0.05, 0) is 30.0 Å². The van der Waals surface area contributed by atoms with Crippen molar-refractivity contribution in [1.82, 2.24) is 9.13 Å². The number of fused-ring (bicyclic) bond motifs is 7. The molecule has 0 amide bonds. The van der Waals surface area contributed by atoms with Crippen LogP contribution in [-0.2, 0) is 31.6 Å². The number of hydrogen-bond acceptors (Lipinski definition) is 1. The van der Waals surface area contributed by atoms with Crippen molar-refractivity contribution >= 4 is 16.7 Å². The van der Waals surface area contributed by atoms with E-state index in [2.05, 4.69) is 99.3 Å². The van der Waals surface area contributed by atoms with E-state index in [9.17, 15) is 0 Å². The molecule has 0 bridgehead atoms. The number of benzene rings is 1. The van der Waals surface area contributed by atoms with Gasteiger partial charge < -0.3 is 14.0 Å². The molecule has 5 rings (SSSR count). The maximum absolute atomic E-state index is 2.67. The highest BCUT2D eigenvalue weighted by Gasteiger charge is 2.63. The van der Waals surface area contributed by atoms with Crippen LogP contribution < -0.4 is 4.90 Å². The second-order valence-electron chi connectivity index (χ2n) is 9.47. The lowest BCUT2D eigenvalue weighted by molar-refractivity contribution is 0.0693. The number of rotatable bonds is 0. The third-order valence-corrected chi connectivity index (χ3v) is 8.33. The van der Waals surface area contributed by atoms with Gasteiger partial charge in [0.15, 0.2) is 0 Å². The molecule has 1 atom stereocenters. The summed E-state index contributed by atoms with van der Waals surface area (Å²) < 4.78 is 4.73. The van der Waals surface area contributed by atoms with Gasteiger partial charge in [-0.1, -0.05) is 45.9 Å². The lowest BCUT2D eigenvalue weighted by atomic mass is 9.51. The van der Waals surface area contributed by atoms with E-state index in [1.54, 1.807) is 0 Å². The molecular formula is C23H29N3. The number of aromatic nitrogens is 2. The first-order valence-corrected chi connectivity index (χ1v) is 9.64. The third kappa shape index (κ3) is 1.42. The largest absolute Gasteiger partial charge is 0.355 e. The van der Waals surface area contributed by atoms with Crippen molar-refractivity contribution < 1.29 is 0 Å². The Kier molecular flexibility index (Phi) is 2.71. The van der Waals surface area contributed by atoms with Crippen LogP contribution in [0, 0.1) is 5.41 Å². The number of hydrogen-bond donors (Lipinski definition) is 0. The highest BCUT2D eigenvalue weighted by molar-refractivity contribution is 5.87. The molecule has 0 aliphatic carbocycles. The Bertz CT molecular complexity index is 1060. The van der Waals surface area contributed by atoms with Crippen molar-refractivity contribution in [2.45, 2.75) is 52.1 Å². The van der Waals surface area contributed by atoms with Crippen LogP contribution in [0.4, 0.5) is 5.69 Å². The van der Waals surface area contributed by atoms with Crippen LogP contribution in [0.25, 0.3) is 11.0 Å². The number of aryl methyl sites for hydroxylation is 2. The molecule has 0 spiro atoms. The van der Waals surface area contributed by atoms with E-state index in [4.69, 9.17) is 0 Å². The third-order valence-electron chi connectivity index (χ3n) is 8.33. The minimum absolute atomic E-state index is 0.0498. The molecular weight excluding hydrogens is 318 g/mol. The Hall–Kier alpha value is -2.16. The molecule has 0 fully saturated rings. The van der Waals surface area contributed by atoms with Gasteiger partial charge in [0.05, 0.1) is 23.1 Å². The number of nitrogens with zero attached hydrogens (tertiary/aromatic N) is 3. The lowest BCUT2D eigenvalue weighted by Crippen LogP contribution is -2.61. The summed E-state index contributed by atoms with van der Waals surface area (Å²) in [5.74, 6) is 0. The van der Waals surface area contributed by atoms with E-state index in [-0.39, 0.29) is 16.4 Å².